The molecule has 27 heavy (non-hydrogen) atoms. The minimum absolute atomic E-state index is 0.000377. The average molecular weight is 368 g/mol. The predicted molar refractivity (Wildman–Crippen MR) is 104 cm³/mol. The van der Waals surface area contributed by atoms with Crippen molar-refractivity contribution in [2.45, 2.75) is 25.8 Å². The van der Waals surface area contributed by atoms with E-state index in [0.29, 0.717) is 24.0 Å². The molecule has 6 nitrogen and oxygen atoms in total. The number of nitrogens with one attached hydrogen (secondary N) is 3. The van der Waals surface area contributed by atoms with E-state index >= 15 is 0 Å². The molecule has 0 bridgehead atoms. The van der Waals surface area contributed by atoms with Crippen molar-refractivity contribution in [3.8, 4) is 11.5 Å². The van der Waals surface area contributed by atoms with E-state index in [1.807, 2.05) is 50.4 Å². The molecular weight excluding hydrogens is 342 g/mol. The molecule has 0 aromatic heterocycles. The Labute approximate surface area is 159 Å². The maximum absolute atomic E-state index is 12.2. The highest BCUT2D eigenvalue weighted by Gasteiger charge is 2.24. The van der Waals surface area contributed by atoms with Crippen molar-refractivity contribution in [2.24, 2.45) is 0 Å². The number of quaternary nitrogens is 1. The normalized spacial score (nSPS) is 14.3. The Balaban J connectivity index is 1.44. The molecule has 0 aliphatic heterocycles. The van der Waals surface area contributed by atoms with Crippen molar-refractivity contribution in [1.29, 1.82) is 0 Å². The third-order valence-corrected chi connectivity index (χ3v) is 4.26. The van der Waals surface area contributed by atoms with Crippen molar-refractivity contribution < 1.29 is 19.2 Å². The molecule has 142 valence electrons. The van der Waals surface area contributed by atoms with Crippen LogP contribution in [-0.4, -0.2) is 38.0 Å². The summed E-state index contributed by atoms with van der Waals surface area (Å²) < 4.78 is 5.78. The number of hydrogen-bond acceptors (Lipinski definition) is 3. The molecule has 0 radical (unpaired) electrons. The minimum Gasteiger partial charge on any atom is -0.457 e. The van der Waals surface area contributed by atoms with Gasteiger partial charge in [0.15, 0.2) is 13.1 Å². The van der Waals surface area contributed by atoms with Crippen LogP contribution in [0.15, 0.2) is 48.5 Å². The lowest BCUT2D eigenvalue weighted by molar-refractivity contribution is -0.862. The Morgan fingerprint density at radius 3 is 2.11 bits per heavy atom. The number of amides is 2. The first-order valence-electron chi connectivity index (χ1n) is 9.23. The van der Waals surface area contributed by atoms with Gasteiger partial charge in [0.1, 0.15) is 11.5 Å². The third kappa shape index (κ3) is 6.42. The van der Waals surface area contributed by atoms with Crippen molar-refractivity contribution in [1.82, 2.24) is 5.32 Å². The van der Waals surface area contributed by atoms with E-state index in [4.69, 9.17) is 4.74 Å². The monoisotopic (exact) mass is 368 g/mol. The number of benzene rings is 2. The van der Waals surface area contributed by atoms with Crippen LogP contribution < -0.4 is 20.3 Å². The summed E-state index contributed by atoms with van der Waals surface area (Å²) in [6.45, 7) is 2.56. The smallest absolute Gasteiger partial charge is 0.279 e. The minimum atomic E-state index is -0.126. The zero-order valence-electron chi connectivity index (χ0n) is 15.7. The number of hydrogen-bond donors (Lipinski definition) is 3. The lowest BCUT2D eigenvalue weighted by atomic mass is 10.2. The first-order chi connectivity index (χ1) is 13.0. The second-order valence-electron chi connectivity index (χ2n) is 7.14. The fourth-order valence-corrected chi connectivity index (χ4v) is 2.67. The quantitative estimate of drug-likeness (QED) is 0.662. The van der Waals surface area contributed by atoms with Crippen LogP contribution in [0.4, 0.5) is 5.69 Å². The maximum Gasteiger partial charge on any atom is 0.279 e. The molecule has 1 atom stereocenters. The van der Waals surface area contributed by atoms with Crippen molar-refractivity contribution in [2.75, 3.05) is 25.5 Å². The molecule has 1 saturated carbocycles. The molecule has 0 spiro atoms. The highest BCUT2D eigenvalue weighted by Crippen LogP contribution is 2.23. The predicted octanol–water partition coefficient (Wildman–Crippen LogP) is 1.52. The average Bonchev–Trinajstić information content (AvgIpc) is 3.42. The van der Waals surface area contributed by atoms with Gasteiger partial charge in [0.05, 0.1) is 7.05 Å². The first kappa shape index (κ1) is 18.9. The summed E-state index contributed by atoms with van der Waals surface area (Å²) >= 11 is 0. The van der Waals surface area contributed by atoms with E-state index in [0.717, 1.165) is 23.5 Å². The number of rotatable bonds is 8. The third-order valence-electron chi connectivity index (χ3n) is 4.26. The molecule has 2 aromatic rings. The Kier molecular flexibility index (Phi) is 6.08. The van der Waals surface area contributed by atoms with Crippen LogP contribution in [0.5, 0.6) is 11.5 Å². The Morgan fingerprint density at radius 1 is 0.963 bits per heavy atom. The zero-order chi connectivity index (χ0) is 19.2. The van der Waals surface area contributed by atoms with Crippen molar-refractivity contribution in [3.05, 3.63) is 54.1 Å². The number of carbonyl (C=O) groups excluding carboxylic acids is 2. The van der Waals surface area contributed by atoms with E-state index in [2.05, 4.69) is 10.6 Å². The van der Waals surface area contributed by atoms with Gasteiger partial charge < -0.3 is 20.3 Å². The van der Waals surface area contributed by atoms with Gasteiger partial charge in [-0.15, -0.1) is 0 Å². The Morgan fingerprint density at radius 2 is 1.52 bits per heavy atom. The van der Waals surface area contributed by atoms with E-state index < -0.39 is 0 Å². The molecule has 0 saturated heterocycles. The molecule has 1 aliphatic carbocycles. The number of carbonyl (C=O) groups is 2. The highest BCUT2D eigenvalue weighted by atomic mass is 16.5. The molecule has 1 aliphatic rings. The molecule has 1 unspecified atom stereocenters. The number of likely N-dealkylation sites (N-methyl/N-ethyl adjacent to an activating group) is 1. The molecule has 3 rings (SSSR count). The topological polar surface area (TPSA) is 71.9 Å². The standard InChI is InChI=1S/C21H25N3O3/c1-15-3-9-18(10-4-15)27-19-11-7-17(8-12-19)23-21(26)14-24(2)13-20(25)22-16-5-6-16/h3-4,7-12,16H,5-6,13-14H2,1-2H3,(H,22,25)(H,23,26)/p+1. The van der Waals surface area contributed by atoms with Crippen molar-refractivity contribution >= 4 is 17.5 Å². The second-order valence-corrected chi connectivity index (χ2v) is 7.14. The van der Waals surface area contributed by atoms with E-state index in [1.54, 1.807) is 12.1 Å². The molecule has 3 N–H and O–H groups in total. The number of anilines is 1. The summed E-state index contributed by atoms with van der Waals surface area (Å²) in [5.74, 6) is 1.35. The van der Waals surface area contributed by atoms with E-state index in [9.17, 15) is 9.59 Å². The summed E-state index contributed by atoms with van der Waals surface area (Å²) in [4.78, 5) is 24.8. The van der Waals surface area contributed by atoms with Gasteiger partial charge in [-0.25, -0.2) is 0 Å². The maximum atomic E-state index is 12.2. The Hall–Kier alpha value is -2.86. The van der Waals surface area contributed by atoms with Crippen molar-refractivity contribution in [3.63, 3.8) is 0 Å². The SMILES string of the molecule is Cc1ccc(Oc2ccc(NC(=O)C[NH+](C)CC(=O)NC3CC3)cc2)cc1. The first-order valence-corrected chi connectivity index (χ1v) is 9.23. The summed E-state index contributed by atoms with van der Waals surface area (Å²) in [7, 11) is 1.84. The van der Waals surface area contributed by atoms with Gasteiger partial charge in [-0.1, -0.05) is 17.7 Å². The van der Waals surface area contributed by atoms with Crippen LogP contribution in [0.3, 0.4) is 0 Å². The van der Waals surface area contributed by atoms with E-state index in [-0.39, 0.29) is 18.4 Å². The van der Waals surface area contributed by atoms with Gasteiger partial charge in [0.25, 0.3) is 11.8 Å². The van der Waals surface area contributed by atoms with Crippen LogP contribution in [-0.2, 0) is 9.59 Å². The number of ether oxygens (including phenoxy) is 1. The van der Waals surface area contributed by atoms with Crippen LogP contribution in [0, 0.1) is 6.92 Å². The molecular formula is C21H26N3O3+. The summed E-state index contributed by atoms with van der Waals surface area (Å²) in [5.41, 5.74) is 1.88. The van der Waals surface area contributed by atoms with Gasteiger partial charge in [0.2, 0.25) is 0 Å². The van der Waals surface area contributed by atoms with Gasteiger partial charge in [0, 0.05) is 11.7 Å². The lowest BCUT2D eigenvalue weighted by Crippen LogP contribution is -3.11. The second kappa shape index (κ2) is 8.68. The molecule has 0 heterocycles. The molecule has 2 aromatic carbocycles. The van der Waals surface area contributed by atoms with Gasteiger partial charge >= 0.3 is 0 Å². The molecule has 2 amide bonds. The highest BCUT2D eigenvalue weighted by molar-refractivity contribution is 5.91. The zero-order valence-corrected chi connectivity index (χ0v) is 15.7. The largest absolute Gasteiger partial charge is 0.457 e. The fraction of sp³-hybridized carbons (Fsp3) is 0.333. The van der Waals surface area contributed by atoms with E-state index in [1.165, 1.54) is 5.56 Å². The molecule has 1 fully saturated rings. The Bertz CT molecular complexity index is 783. The summed E-state index contributed by atoms with van der Waals surface area (Å²) in [6.07, 6.45) is 2.13. The van der Waals surface area contributed by atoms with Crippen LogP contribution in [0.25, 0.3) is 0 Å². The van der Waals surface area contributed by atoms with Gasteiger partial charge in [-0.05, 0) is 56.2 Å². The van der Waals surface area contributed by atoms with Crippen LogP contribution in [0.1, 0.15) is 18.4 Å². The van der Waals surface area contributed by atoms with Crippen LogP contribution >= 0.6 is 0 Å². The fourth-order valence-electron chi connectivity index (χ4n) is 2.67. The number of aryl methyl sites for hydroxylation is 1. The molecule has 6 heteroatoms. The van der Waals surface area contributed by atoms with Gasteiger partial charge in [-0.2, -0.15) is 0 Å². The lowest BCUT2D eigenvalue weighted by Gasteiger charge is -2.14. The summed E-state index contributed by atoms with van der Waals surface area (Å²) in [6, 6.07) is 15.4. The van der Waals surface area contributed by atoms with Crippen LogP contribution in [0.2, 0.25) is 0 Å². The van der Waals surface area contributed by atoms with Gasteiger partial charge in [-0.3, -0.25) is 9.59 Å². The summed E-state index contributed by atoms with van der Waals surface area (Å²) in [5, 5.41) is 5.78.